The van der Waals surface area contributed by atoms with Crippen LogP contribution in [0.3, 0.4) is 0 Å². The van der Waals surface area contributed by atoms with E-state index in [1.807, 2.05) is 6.92 Å². The summed E-state index contributed by atoms with van der Waals surface area (Å²) in [6.45, 7) is 4.68. The molecule has 3 heterocycles. The Balaban J connectivity index is 1.81. The summed E-state index contributed by atoms with van der Waals surface area (Å²) in [6.07, 6.45) is 6.95. The number of methoxy groups -OCH3 is 1. The number of thiophene rings is 1. The van der Waals surface area contributed by atoms with Gasteiger partial charge in [-0.2, -0.15) is 0 Å². The fourth-order valence-corrected chi connectivity index (χ4v) is 5.62. The molecule has 26 heavy (non-hydrogen) atoms. The number of carbonyl (C=O) groups is 1. The van der Waals surface area contributed by atoms with Crippen molar-refractivity contribution in [2.75, 3.05) is 12.4 Å². The minimum atomic E-state index is 0.0626. The number of hydrogen-bond donors (Lipinski definition) is 1. The Bertz CT molecular complexity index is 826. The van der Waals surface area contributed by atoms with Crippen molar-refractivity contribution in [3.63, 3.8) is 0 Å². The molecule has 1 atom stereocenters. The maximum absolute atomic E-state index is 13.4. The van der Waals surface area contributed by atoms with E-state index in [-0.39, 0.29) is 12.1 Å². The van der Waals surface area contributed by atoms with Gasteiger partial charge >= 0.3 is 0 Å². The number of aryl methyl sites for hydroxylation is 1. The number of anilines is 1. The lowest BCUT2D eigenvalue weighted by molar-refractivity contribution is 0.0527. The Hall–Kier alpha value is -1.66. The zero-order valence-corrected chi connectivity index (χ0v) is 16.6. The lowest BCUT2D eigenvalue weighted by atomic mass is 9.92. The fourth-order valence-electron chi connectivity index (χ4n) is 4.44. The molecule has 1 N–H and O–H groups in total. The van der Waals surface area contributed by atoms with Crippen molar-refractivity contribution in [2.45, 2.75) is 71.2 Å². The Kier molecular flexibility index (Phi) is 4.88. The van der Waals surface area contributed by atoms with Crippen LogP contribution in [0.2, 0.25) is 0 Å². The van der Waals surface area contributed by atoms with Gasteiger partial charge in [0.05, 0.1) is 12.3 Å². The molecule has 2 aromatic heterocycles. The van der Waals surface area contributed by atoms with Crippen LogP contribution < -0.4 is 5.32 Å². The molecular formula is C20H27N3O2S. The van der Waals surface area contributed by atoms with Crippen LogP contribution in [-0.2, 0) is 11.3 Å². The Morgan fingerprint density at radius 2 is 2.12 bits per heavy atom. The van der Waals surface area contributed by atoms with E-state index in [4.69, 9.17) is 9.72 Å². The first-order valence-electron chi connectivity index (χ1n) is 9.65. The van der Waals surface area contributed by atoms with E-state index in [1.165, 1.54) is 30.6 Å². The van der Waals surface area contributed by atoms with Crippen LogP contribution in [0.15, 0.2) is 6.07 Å². The molecule has 0 radical (unpaired) electrons. The number of rotatable bonds is 4. The summed E-state index contributed by atoms with van der Waals surface area (Å²) in [7, 11) is 1.71. The molecule has 1 fully saturated rings. The topological polar surface area (TPSA) is 54.5 Å². The molecule has 140 valence electrons. The molecule has 4 rings (SSSR count). The van der Waals surface area contributed by atoms with Crippen molar-refractivity contribution in [1.29, 1.82) is 0 Å². The van der Waals surface area contributed by atoms with Crippen LogP contribution in [0.1, 0.15) is 66.4 Å². The summed E-state index contributed by atoms with van der Waals surface area (Å²) in [5, 5.41) is 4.75. The first-order valence-corrected chi connectivity index (χ1v) is 10.5. The molecule has 2 aromatic rings. The molecule has 5 nitrogen and oxygen atoms in total. The van der Waals surface area contributed by atoms with Gasteiger partial charge in [0, 0.05) is 24.2 Å². The van der Waals surface area contributed by atoms with Gasteiger partial charge in [-0.3, -0.25) is 4.79 Å². The first kappa shape index (κ1) is 17.7. The second-order valence-electron chi connectivity index (χ2n) is 7.41. The van der Waals surface area contributed by atoms with E-state index in [1.54, 1.807) is 7.11 Å². The maximum Gasteiger partial charge on any atom is 0.268 e. The molecule has 0 saturated heterocycles. The quantitative estimate of drug-likeness (QED) is 0.845. The average molecular weight is 374 g/mol. The van der Waals surface area contributed by atoms with Gasteiger partial charge in [0.15, 0.2) is 0 Å². The third kappa shape index (κ3) is 2.89. The molecule has 0 bridgehead atoms. The predicted octanol–water partition coefficient (Wildman–Crippen LogP) is 4.69. The lowest BCUT2D eigenvalue weighted by Crippen LogP contribution is -2.53. The summed E-state index contributed by atoms with van der Waals surface area (Å²) < 4.78 is 5.40. The van der Waals surface area contributed by atoms with Crippen molar-refractivity contribution in [3.8, 4) is 0 Å². The molecule has 1 amide bonds. The summed E-state index contributed by atoms with van der Waals surface area (Å²) in [5.41, 5.74) is 3.04. The van der Waals surface area contributed by atoms with Crippen LogP contribution in [0.25, 0.3) is 10.2 Å². The van der Waals surface area contributed by atoms with E-state index < -0.39 is 0 Å². The van der Waals surface area contributed by atoms with Gasteiger partial charge < -0.3 is 15.0 Å². The highest BCUT2D eigenvalue weighted by molar-refractivity contribution is 7.21. The third-order valence-corrected chi connectivity index (χ3v) is 6.67. The van der Waals surface area contributed by atoms with Crippen LogP contribution >= 0.6 is 11.3 Å². The third-order valence-electron chi connectivity index (χ3n) is 5.60. The van der Waals surface area contributed by atoms with Crippen molar-refractivity contribution in [2.24, 2.45) is 0 Å². The number of amides is 1. The van der Waals surface area contributed by atoms with Gasteiger partial charge in [0.2, 0.25) is 0 Å². The van der Waals surface area contributed by atoms with Crippen LogP contribution in [0, 0.1) is 6.92 Å². The minimum absolute atomic E-state index is 0.0626. The summed E-state index contributed by atoms with van der Waals surface area (Å²) in [5.74, 6) is 0.182. The van der Waals surface area contributed by atoms with Crippen molar-refractivity contribution < 1.29 is 9.53 Å². The van der Waals surface area contributed by atoms with Crippen LogP contribution in [-0.4, -0.2) is 35.1 Å². The number of pyridine rings is 1. The number of fused-ring (bicyclic) bond motifs is 3. The van der Waals surface area contributed by atoms with Crippen LogP contribution in [0.5, 0.6) is 0 Å². The standard InChI is InChI=1S/C20H27N3O2S/c1-4-15-22-17-16-13(11-25-3)10-12(2)21-19(16)26-18(17)20(24)23(15)14-8-6-5-7-9-14/h10,14-15,22H,4-9,11H2,1-3H3/t15-/m1/s1. The van der Waals surface area contributed by atoms with Crippen LogP contribution in [0.4, 0.5) is 5.69 Å². The Morgan fingerprint density at radius 3 is 2.81 bits per heavy atom. The Labute approximate surface area is 158 Å². The van der Waals surface area contributed by atoms with E-state index in [2.05, 4.69) is 23.2 Å². The number of nitrogens with zero attached hydrogens (tertiary/aromatic N) is 2. The molecule has 1 aliphatic heterocycles. The van der Waals surface area contributed by atoms with Crippen molar-refractivity contribution in [1.82, 2.24) is 9.88 Å². The number of ether oxygens (including phenoxy) is 1. The highest BCUT2D eigenvalue weighted by Gasteiger charge is 2.39. The zero-order chi connectivity index (χ0) is 18.3. The second-order valence-corrected chi connectivity index (χ2v) is 8.41. The van der Waals surface area contributed by atoms with Gasteiger partial charge in [0.1, 0.15) is 15.9 Å². The SMILES string of the molecule is CC[C@@H]1Nc2c(sc3nc(C)cc(COC)c23)C(=O)N1C1CCCCC1. The van der Waals surface area contributed by atoms with Crippen molar-refractivity contribution in [3.05, 3.63) is 22.2 Å². The highest BCUT2D eigenvalue weighted by Crippen LogP contribution is 2.43. The molecule has 1 aliphatic carbocycles. The Morgan fingerprint density at radius 1 is 1.35 bits per heavy atom. The summed E-state index contributed by atoms with van der Waals surface area (Å²) >= 11 is 1.52. The van der Waals surface area contributed by atoms with E-state index in [9.17, 15) is 4.79 Å². The molecular weight excluding hydrogens is 346 g/mol. The second kappa shape index (κ2) is 7.16. The predicted molar refractivity (Wildman–Crippen MR) is 106 cm³/mol. The lowest BCUT2D eigenvalue weighted by Gasteiger charge is -2.43. The van der Waals surface area contributed by atoms with Crippen molar-refractivity contribution >= 4 is 33.1 Å². The number of aromatic nitrogens is 1. The van der Waals surface area contributed by atoms with Gasteiger partial charge in [-0.1, -0.05) is 26.2 Å². The molecule has 2 aliphatic rings. The van der Waals surface area contributed by atoms with E-state index in [0.717, 1.165) is 51.3 Å². The molecule has 0 spiro atoms. The van der Waals surface area contributed by atoms with Gasteiger partial charge in [-0.15, -0.1) is 11.3 Å². The zero-order valence-electron chi connectivity index (χ0n) is 15.8. The van der Waals surface area contributed by atoms with Gasteiger partial charge in [-0.25, -0.2) is 4.98 Å². The highest BCUT2D eigenvalue weighted by atomic mass is 32.1. The number of hydrogen-bond acceptors (Lipinski definition) is 5. The summed E-state index contributed by atoms with van der Waals surface area (Å²) in [6, 6.07) is 2.43. The molecule has 0 aromatic carbocycles. The van der Waals surface area contributed by atoms with Gasteiger partial charge in [-0.05, 0) is 37.8 Å². The maximum atomic E-state index is 13.4. The number of carbonyl (C=O) groups excluding carboxylic acids is 1. The average Bonchev–Trinajstić information content (AvgIpc) is 3.01. The monoisotopic (exact) mass is 373 g/mol. The molecule has 6 heteroatoms. The van der Waals surface area contributed by atoms with E-state index >= 15 is 0 Å². The first-order chi connectivity index (χ1) is 12.6. The normalized spacial score (nSPS) is 21.1. The summed E-state index contributed by atoms with van der Waals surface area (Å²) in [4.78, 5) is 22.0. The minimum Gasteiger partial charge on any atom is -0.380 e. The molecule has 1 saturated carbocycles. The van der Waals surface area contributed by atoms with Gasteiger partial charge in [0.25, 0.3) is 5.91 Å². The largest absolute Gasteiger partial charge is 0.380 e. The smallest absolute Gasteiger partial charge is 0.268 e. The molecule has 0 unspecified atom stereocenters. The fraction of sp³-hybridized carbons (Fsp3) is 0.600. The number of nitrogens with one attached hydrogen (secondary N) is 1. The van der Waals surface area contributed by atoms with E-state index in [0.29, 0.717) is 12.6 Å².